The standard InChI is InChI=1S/C12H12BrFN2O2/c1-6(15)3-4-7-10(13)9(14)5-8(11(7)16)12(17)18-2/h5-6H,15-16H2,1-2H3/t6-/m0/s1. The van der Waals surface area contributed by atoms with Crippen molar-refractivity contribution >= 4 is 27.6 Å². The number of nitrogens with two attached hydrogens (primary N) is 2. The molecule has 6 heteroatoms. The first kappa shape index (κ1) is 14.5. The molecule has 0 unspecified atom stereocenters. The molecule has 0 radical (unpaired) electrons. The van der Waals surface area contributed by atoms with E-state index in [1.807, 2.05) is 0 Å². The Kier molecular flexibility index (Phi) is 4.70. The second kappa shape index (κ2) is 5.85. The van der Waals surface area contributed by atoms with Crippen molar-refractivity contribution in [3.63, 3.8) is 0 Å². The monoisotopic (exact) mass is 314 g/mol. The third-order valence-electron chi connectivity index (χ3n) is 2.09. The summed E-state index contributed by atoms with van der Waals surface area (Å²) in [5.41, 5.74) is 11.4. The fraction of sp³-hybridized carbons (Fsp3) is 0.250. The van der Waals surface area contributed by atoms with Crippen molar-refractivity contribution in [2.24, 2.45) is 5.73 Å². The maximum atomic E-state index is 13.6. The van der Waals surface area contributed by atoms with Gasteiger partial charge in [0.25, 0.3) is 0 Å². The van der Waals surface area contributed by atoms with Crippen LogP contribution in [0.15, 0.2) is 10.5 Å². The molecular formula is C12H12BrFN2O2. The van der Waals surface area contributed by atoms with E-state index in [0.717, 1.165) is 6.07 Å². The van der Waals surface area contributed by atoms with Gasteiger partial charge in [-0.2, -0.15) is 0 Å². The number of hydrogen-bond acceptors (Lipinski definition) is 4. The normalized spacial score (nSPS) is 11.4. The molecular weight excluding hydrogens is 303 g/mol. The van der Waals surface area contributed by atoms with Crippen LogP contribution in [0.2, 0.25) is 0 Å². The summed E-state index contributed by atoms with van der Waals surface area (Å²) in [6.07, 6.45) is 0. The molecule has 0 aliphatic rings. The largest absolute Gasteiger partial charge is 0.465 e. The zero-order chi connectivity index (χ0) is 13.9. The highest BCUT2D eigenvalue weighted by Crippen LogP contribution is 2.29. The van der Waals surface area contributed by atoms with Crippen LogP contribution in [0.1, 0.15) is 22.8 Å². The summed E-state index contributed by atoms with van der Waals surface area (Å²) in [4.78, 5) is 11.4. The first-order valence-corrected chi connectivity index (χ1v) is 5.80. The number of ether oxygens (including phenoxy) is 1. The zero-order valence-corrected chi connectivity index (χ0v) is 11.5. The van der Waals surface area contributed by atoms with Gasteiger partial charge in [-0.25, -0.2) is 9.18 Å². The van der Waals surface area contributed by atoms with Crippen molar-refractivity contribution in [1.29, 1.82) is 0 Å². The Morgan fingerprint density at radius 3 is 2.72 bits per heavy atom. The molecule has 18 heavy (non-hydrogen) atoms. The van der Waals surface area contributed by atoms with Gasteiger partial charge in [-0.05, 0) is 28.9 Å². The molecule has 1 atom stereocenters. The quantitative estimate of drug-likeness (QED) is 0.469. The van der Waals surface area contributed by atoms with Crippen LogP contribution in [-0.4, -0.2) is 19.1 Å². The van der Waals surface area contributed by atoms with Gasteiger partial charge in [0.15, 0.2) is 0 Å². The van der Waals surface area contributed by atoms with E-state index in [1.54, 1.807) is 6.92 Å². The molecule has 1 rings (SSSR count). The fourth-order valence-electron chi connectivity index (χ4n) is 1.23. The van der Waals surface area contributed by atoms with Gasteiger partial charge in [-0.3, -0.25) is 0 Å². The van der Waals surface area contributed by atoms with Crippen molar-refractivity contribution in [2.75, 3.05) is 12.8 Å². The third-order valence-corrected chi connectivity index (χ3v) is 2.87. The predicted molar refractivity (Wildman–Crippen MR) is 70.4 cm³/mol. The van der Waals surface area contributed by atoms with Gasteiger partial charge in [0.1, 0.15) is 5.82 Å². The van der Waals surface area contributed by atoms with E-state index in [1.165, 1.54) is 7.11 Å². The van der Waals surface area contributed by atoms with Crippen molar-refractivity contribution in [3.8, 4) is 11.8 Å². The molecule has 0 aliphatic heterocycles. The lowest BCUT2D eigenvalue weighted by molar-refractivity contribution is 0.0601. The maximum absolute atomic E-state index is 13.6. The molecule has 0 fully saturated rings. The molecule has 1 aromatic rings. The van der Waals surface area contributed by atoms with E-state index in [0.29, 0.717) is 0 Å². The molecule has 1 aromatic carbocycles. The van der Waals surface area contributed by atoms with E-state index in [4.69, 9.17) is 11.5 Å². The number of carbonyl (C=O) groups is 1. The van der Waals surface area contributed by atoms with Crippen LogP contribution in [0.4, 0.5) is 10.1 Å². The number of nitrogen functional groups attached to an aromatic ring is 1. The van der Waals surface area contributed by atoms with Gasteiger partial charge in [-0.1, -0.05) is 11.8 Å². The molecule has 0 saturated heterocycles. The number of benzene rings is 1. The number of methoxy groups -OCH3 is 1. The summed E-state index contributed by atoms with van der Waals surface area (Å²) in [5.74, 6) is 3.94. The Hall–Kier alpha value is -1.58. The van der Waals surface area contributed by atoms with Crippen LogP contribution in [0.3, 0.4) is 0 Å². The summed E-state index contributed by atoms with van der Waals surface area (Å²) < 4.78 is 18.2. The summed E-state index contributed by atoms with van der Waals surface area (Å²) in [5, 5.41) is 0. The highest BCUT2D eigenvalue weighted by atomic mass is 79.9. The average molecular weight is 315 g/mol. The lowest BCUT2D eigenvalue weighted by atomic mass is 10.1. The predicted octanol–water partition coefficient (Wildman–Crippen LogP) is 1.66. The van der Waals surface area contributed by atoms with Crippen molar-refractivity contribution < 1.29 is 13.9 Å². The summed E-state index contributed by atoms with van der Waals surface area (Å²) in [6, 6.07) is 0.614. The lowest BCUT2D eigenvalue weighted by Crippen LogP contribution is -2.12. The number of anilines is 1. The Morgan fingerprint density at radius 1 is 1.61 bits per heavy atom. The van der Waals surface area contributed by atoms with E-state index in [2.05, 4.69) is 32.5 Å². The van der Waals surface area contributed by atoms with Gasteiger partial charge < -0.3 is 16.2 Å². The van der Waals surface area contributed by atoms with Crippen LogP contribution in [0.5, 0.6) is 0 Å². The maximum Gasteiger partial charge on any atom is 0.340 e. The Balaban J connectivity index is 3.47. The van der Waals surface area contributed by atoms with Crippen LogP contribution in [-0.2, 0) is 4.74 Å². The van der Waals surface area contributed by atoms with E-state index >= 15 is 0 Å². The van der Waals surface area contributed by atoms with E-state index in [9.17, 15) is 9.18 Å². The Bertz CT molecular complexity index is 547. The van der Waals surface area contributed by atoms with Gasteiger partial charge in [0.2, 0.25) is 0 Å². The SMILES string of the molecule is COC(=O)c1cc(F)c(Br)c(C#C[C@H](C)N)c1N. The topological polar surface area (TPSA) is 78.3 Å². The zero-order valence-electron chi connectivity index (χ0n) is 9.88. The minimum atomic E-state index is -0.720. The molecule has 4 nitrogen and oxygen atoms in total. The first-order valence-electron chi connectivity index (χ1n) is 5.01. The molecule has 0 spiro atoms. The minimum Gasteiger partial charge on any atom is -0.465 e. The molecule has 0 aliphatic carbocycles. The van der Waals surface area contributed by atoms with Crippen molar-refractivity contribution in [3.05, 3.63) is 27.5 Å². The lowest BCUT2D eigenvalue weighted by Gasteiger charge is -2.08. The van der Waals surface area contributed by atoms with E-state index < -0.39 is 11.8 Å². The molecule has 4 N–H and O–H groups in total. The third kappa shape index (κ3) is 3.00. The molecule has 0 aromatic heterocycles. The summed E-state index contributed by atoms with van der Waals surface area (Å²) in [7, 11) is 1.19. The number of hydrogen-bond donors (Lipinski definition) is 2. The molecule has 0 bridgehead atoms. The molecule has 96 valence electrons. The summed E-state index contributed by atoms with van der Waals surface area (Å²) in [6.45, 7) is 1.68. The number of halogens is 2. The van der Waals surface area contributed by atoms with Crippen LogP contribution < -0.4 is 11.5 Å². The highest BCUT2D eigenvalue weighted by Gasteiger charge is 2.18. The second-order valence-corrected chi connectivity index (χ2v) is 4.35. The Labute approximate surface area is 113 Å². The number of rotatable bonds is 1. The smallest absolute Gasteiger partial charge is 0.340 e. The van der Waals surface area contributed by atoms with Gasteiger partial charge in [-0.15, -0.1) is 0 Å². The van der Waals surface area contributed by atoms with Gasteiger partial charge in [0, 0.05) is 0 Å². The van der Waals surface area contributed by atoms with Gasteiger partial charge in [0.05, 0.1) is 34.4 Å². The highest BCUT2D eigenvalue weighted by molar-refractivity contribution is 9.10. The van der Waals surface area contributed by atoms with E-state index in [-0.39, 0.29) is 27.3 Å². The van der Waals surface area contributed by atoms with Crippen molar-refractivity contribution in [1.82, 2.24) is 0 Å². The molecule has 0 saturated carbocycles. The Morgan fingerprint density at radius 2 is 2.22 bits per heavy atom. The van der Waals surface area contributed by atoms with Crippen LogP contribution in [0.25, 0.3) is 0 Å². The fourth-order valence-corrected chi connectivity index (χ4v) is 1.65. The molecule has 0 amide bonds. The minimum absolute atomic E-state index is 0.0586. The summed E-state index contributed by atoms with van der Waals surface area (Å²) >= 11 is 3.04. The van der Waals surface area contributed by atoms with Crippen LogP contribution in [0, 0.1) is 17.7 Å². The number of carbonyl (C=O) groups excluding carboxylic acids is 1. The number of esters is 1. The molecule has 0 heterocycles. The first-order chi connectivity index (χ1) is 8.38. The average Bonchev–Trinajstić information content (AvgIpc) is 2.32. The van der Waals surface area contributed by atoms with Crippen molar-refractivity contribution in [2.45, 2.75) is 13.0 Å². The van der Waals surface area contributed by atoms with Gasteiger partial charge >= 0.3 is 5.97 Å². The second-order valence-electron chi connectivity index (χ2n) is 3.56. The van der Waals surface area contributed by atoms with Crippen LogP contribution >= 0.6 is 15.9 Å².